The summed E-state index contributed by atoms with van der Waals surface area (Å²) in [7, 11) is 0. The summed E-state index contributed by atoms with van der Waals surface area (Å²) >= 11 is 0. The molecule has 0 radical (unpaired) electrons. The third-order valence-corrected chi connectivity index (χ3v) is 4.66. The highest BCUT2D eigenvalue weighted by Gasteiger charge is 2.18. The highest BCUT2D eigenvalue weighted by Crippen LogP contribution is 2.28. The molecule has 5 rings (SSSR count). The van der Waals surface area contributed by atoms with Gasteiger partial charge in [-0.15, -0.1) is 5.10 Å². The molecule has 0 saturated carbocycles. The Labute approximate surface area is 176 Å². The summed E-state index contributed by atoms with van der Waals surface area (Å²) in [6, 6.07) is 20.9. The Morgan fingerprint density at radius 3 is 2.68 bits per heavy atom. The molecular formula is C22H15N9. The molecule has 0 fully saturated rings. The van der Waals surface area contributed by atoms with Crippen molar-refractivity contribution in [1.82, 2.24) is 29.8 Å². The smallest absolute Gasteiger partial charge is 0.180 e. The quantitative estimate of drug-likeness (QED) is 0.466. The molecule has 0 spiro atoms. The van der Waals surface area contributed by atoms with Crippen LogP contribution in [-0.4, -0.2) is 29.8 Å². The molecule has 4 aromatic heterocycles. The maximum Gasteiger partial charge on any atom is 0.180 e. The van der Waals surface area contributed by atoms with Crippen LogP contribution in [0.1, 0.15) is 5.56 Å². The normalized spacial score (nSPS) is 10.7. The van der Waals surface area contributed by atoms with Crippen molar-refractivity contribution >= 4 is 22.8 Å². The van der Waals surface area contributed by atoms with Gasteiger partial charge in [0.15, 0.2) is 17.3 Å². The number of aromatic nitrogens is 6. The lowest BCUT2D eigenvalue weighted by atomic mass is 10.1. The maximum atomic E-state index is 9.19. The van der Waals surface area contributed by atoms with E-state index in [1.54, 1.807) is 23.0 Å². The molecule has 9 heteroatoms. The number of anilines is 2. The maximum absolute atomic E-state index is 9.19. The van der Waals surface area contributed by atoms with E-state index in [0.717, 1.165) is 11.3 Å². The number of benzene rings is 1. The van der Waals surface area contributed by atoms with Crippen molar-refractivity contribution in [3.05, 3.63) is 78.6 Å². The van der Waals surface area contributed by atoms with Crippen LogP contribution in [0.3, 0.4) is 0 Å². The predicted molar refractivity (Wildman–Crippen MR) is 116 cm³/mol. The molecule has 0 unspecified atom stereocenters. The van der Waals surface area contributed by atoms with Crippen molar-refractivity contribution in [2.45, 2.75) is 0 Å². The van der Waals surface area contributed by atoms with Crippen molar-refractivity contribution < 1.29 is 0 Å². The van der Waals surface area contributed by atoms with E-state index in [1.807, 2.05) is 48.5 Å². The molecule has 148 valence electrons. The Hall–Kier alpha value is -4.84. The van der Waals surface area contributed by atoms with E-state index in [1.165, 1.54) is 6.20 Å². The number of pyridine rings is 2. The summed E-state index contributed by atoms with van der Waals surface area (Å²) in [6.45, 7) is 0. The Balaban J connectivity index is 1.73. The first-order valence-electron chi connectivity index (χ1n) is 9.38. The van der Waals surface area contributed by atoms with Crippen LogP contribution in [0.5, 0.6) is 0 Å². The third kappa shape index (κ3) is 3.38. The molecule has 0 amide bonds. The number of nitrogens with zero attached hydrogens (tertiary/aromatic N) is 7. The minimum atomic E-state index is 0.334. The standard InChI is InChI=1S/C22H15N9/c23-12-14-11-19(29-26-13-14)30-31-21(16-7-4-10-25-20(16)24)28-18-9-8-17(27-22(18)31)15-5-2-1-3-6-15/h1-11,13H,(H2,24,25)(H,29,30). The zero-order valence-electron chi connectivity index (χ0n) is 16.1. The minimum absolute atomic E-state index is 0.334. The second kappa shape index (κ2) is 7.53. The van der Waals surface area contributed by atoms with Crippen LogP contribution in [0.25, 0.3) is 33.8 Å². The molecule has 0 aliphatic carbocycles. The number of nitriles is 1. The lowest BCUT2D eigenvalue weighted by Gasteiger charge is -2.12. The molecule has 1 aromatic carbocycles. The number of hydrogen-bond donors (Lipinski definition) is 2. The van der Waals surface area contributed by atoms with Gasteiger partial charge < -0.3 is 5.73 Å². The number of nitrogens with two attached hydrogens (primary N) is 1. The van der Waals surface area contributed by atoms with E-state index < -0.39 is 0 Å². The number of fused-ring (bicyclic) bond motifs is 1. The Morgan fingerprint density at radius 2 is 1.87 bits per heavy atom. The fourth-order valence-electron chi connectivity index (χ4n) is 3.22. The van der Waals surface area contributed by atoms with Gasteiger partial charge in [0.1, 0.15) is 17.4 Å². The first-order valence-corrected chi connectivity index (χ1v) is 9.38. The van der Waals surface area contributed by atoms with Crippen LogP contribution in [0.4, 0.5) is 11.6 Å². The molecule has 0 atom stereocenters. The Kier molecular flexibility index (Phi) is 4.42. The van der Waals surface area contributed by atoms with Crippen molar-refractivity contribution in [1.29, 1.82) is 5.26 Å². The number of hydrogen-bond acceptors (Lipinski definition) is 8. The topological polar surface area (TPSA) is 131 Å². The SMILES string of the molecule is N#Cc1cnnc(Nn2c(-c3cccnc3N)nc3ccc(-c4ccccc4)nc32)c1. The summed E-state index contributed by atoms with van der Waals surface area (Å²) in [4.78, 5) is 13.7. The highest BCUT2D eigenvalue weighted by atomic mass is 15.5. The molecule has 0 bridgehead atoms. The first kappa shape index (κ1) is 18.2. The molecule has 3 N–H and O–H groups in total. The van der Waals surface area contributed by atoms with E-state index in [9.17, 15) is 5.26 Å². The van der Waals surface area contributed by atoms with Gasteiger partial charge in [-0.2, -0.15) is 10.4 Å². The zero-order chi connectivity index (χ0) is 21.2. The fourth-order valence-corrected chi connectivity index (χ4v) is 3.22. The summed E-state index contributed by atoms with van der Waals surface area (Å²) in [5.41, 5.74) is 13.3. The molecular weight excluding hydrogens is 390 g/mol. The predicted octanol–water partition coefficient (Wildman–Crippen LogP) is 3.28. The second-order valence-corrected chi connectivity index (χ2v) is 6.67. The highest BCUT2D eigenvalue weighted by molar-refractivity contribution is 5.83. The summed E-state index contributed by atoms with van der Waals surface area (Å²) < 4.78 is 1.68. The van der Waals surface area contributed by atoms with Crippen LogP contribution in [0.15, 0.2) is 73.1 Å². The molecule has 0 aliphatic heterocycles. The number of nitrogen functional groups attached to an aromatic ring is 1. The second-order valence-electron chi connectivity index (χ2n) is 6.67. The van der Waals surface area contributed by atoms with Crippen LogP contribution in [0, 0.1) is 11.3 Å². The van der Waals surface area contributed by atoms with Gasteiger partial charge in [0, 0.05) is 17.8 Å². The van der Waals surface area contributed by atoms with Crippen molar-refractivity contribution in [3.63, 3.8) is 0 Å². The summed E-state index contributed by atoms with van der Waals surface area (Å²) in [5.74, 6) is 1.22. The molecule has 9 nitrogen and oxygen atoms in total. The van der Waals surface area contributed by atoms with Crippen LogP contribution < -0.4 is 11.2 Å². The van der Waals surface area contributed by atoms with Gasteiger partial charge >= 0.3 is 0 Å². The van der Waals surface area contributed by atoms with Crippen LogP contribution >= 0.6 is 0 Å². The van der Waals surface area contributed by atoms with Crippen molar-refractivity contribution in [2.24, 2.45) is 0 Å². The summed E-state index contributed by atoms with van der Waals surface area (Å²) in [5, 5.41) is 17.1. The number of nitrogens with one attached hydrogen (secondary N) is 1. The molecule has 31 heavy (non-hydrogen) atoms. The third-order valence-electron chi connectivity index (χ3n) is 4.66. The Bertz CT molecular complexity index is 1430. The monoisotopic (exact) mass is 405 g/mol. The molecule has 5 aromatic rings. The lowest BCUT2D eigenvalue weighted by Crippen LogP contribution is -2.14. The molecule has 0 aliphatic rings. The zero-order valence-corrected chi connectivity index (χ0v) is 16.1. The minimum Gasteiger partial charge on any atom is -0.383 e. The van der Waals surface area contributed by atoms with E-state index in [-0.39, 0.29) is 0 Å². The van der Waals surface area contributed by atoms with E-state index in [2.05, 4.69) is 26.7 Å². The average molecular weight is 405 g/mol. The van der Waals surface area contributed by atoms with Gasteiger partial charge in [0.25, 0.3) is 0 Å². The fraction of sp³-hybridized carbons (Fsp3) is 0. The van der Waals surface area contributed by atoms with Crippen molar-refractivity contribution in [2.75, 3.05) is 11.2 Å². The van der Waals surface area contributed by atoms with Gasteiger partial charge in [-0.25, -0.2) is 19.6 Å². The Morgan fingerprint density at radius 1 is 1.00 bits per heavy atom. The average Bonchev–Trinajstić information content (AvgIpc) is 3.17. The largest absolute Gasteiger partial charge is 0.383 e. The van der Waals surface area contributed by atoms with Crippen LogP contribution in [0.2, 0.25) is 0 Å². The van der Waals surface area contributed by atoms with Gasteiger partial charge in [-0.05, 0) is 24.3 Å². The van der Waals surface area contributed by atoms with E-state index in [4.69, 9.17) is 15.7 Å². The summed E-state index contributed by atoms with van der Waals surface area (Å²) in [6.07, 6.45) is 3.01. The van der Waals surface area contributed by atoms with Gasteiger partial charge in [0.05, 0.1) is 23.0 Å². The van der Waals surface area contributed by atoms with E-state index in [0.29, 0.717) is 39.8 Å². The molecule has 4 heterocycles. The lowest BCUT2D eigenvalue weighted by molar-refractivity contribution is 0.927. The van der Waals surface area contributed by atoms with Crippen LogP contribution in [-0.2, 0) is 0 Å². The first-order chi connectivity index (χ1) is 15.2. The number of rotatable bonds is 4. The van der Waals surface area contributed by atoms with Gasteiger partial charge in [0.2, 0.25) is 0 Å². The molecule has 0 saturated heterocycles. The van der Waals surface area contributed by atoms with Crippen molar-refractivity contribution in [3.8, 4) is 28.7 Å². The van der Waals surface area contributed by atoms with E-state index >= 15 is 0 Å². The number of imidazole rings is 1. The van der Waals surface area contributed by atoms with Gasteiger partial charge in [-0.1, -0.05) is 30.3 Å². The van der Waals surface area contributed by atoms with Gasteiger partial charge in [-0.3, -0.25) is 5.43 Å².